The molecule has 1 aliphatic rings. The molecule has 0 N–H and O–H groups in total. The third-order valence-corrected chi connectivity index (χ3v) is 4.23. The van der Waals surface area contributed by atoms with E-state index in [9.17, 15) is 0 Å². The van der Waals surface area contributed by atoms with Crippen LogP contribution in [0.4, 0.5) is 0 Å². The van der Waals surface area contributed by atoms with Crippen LogP contribution in [0.2, 0.25) is 0 Å². The number of piperazine rings is 1. The fourth-order valence-electron chi connectivity index (χ4n) is 2.97. The zero-order valence-corrected chi connectivity index (χ0v) is 13.6. The zero-order valence-electron chi connectivity index (χ0n) is 13.6. The molecule has 0 amide bonds. The van der Waals surface area contributed by atoms with Gasteiger partial charge in [0.05, 0.1) is 24.2 Å². The summed E-state index contributed by atoms with van der Waals surface area (Å²) in [5.74, 6) is 2.32. The van der Waals surface area contributed by atoms with Crippen molar-refractivity contribution in [3.63, 3.8) is 0 Å². The van der Waals surface area contributed by atoms with Crippen LogP contribution in [0, 0.1) is 6.92 Å². The van der Waals surface area contributed by atoms with Gasteiger partial charge in [0, 0.05) is 44.9 Å². The second-order valence-corrected chi connectivity index (χ2v) is 6.15. The van der Waals surface area contributed by atoms with Crippen LogP contribution in [-0.2, 0) is 13.1 Å². The SMILES string of the molecule is Cc1cc(CN2CCN(Cc3cc(-c4ccco4)on3)CC2)on1. The van der Waals surface area contributed by atoms with Crippen LogP contribution in [0.5, 0.6) is 0 Å². The Balaban J connectivity index is 1.29. The number of rotatable bonds is 5. The lowest BCUT2D eigenvalue weighted by Gasteiger charge is -2.33. The van der Waals surface area contributed by atoms with E-state index in [4.69, 9.17) is 13.5 Å². The van der Waals surface area contributed by atoms with Crippen molar-refractivity contribution in [1.29, 1.82) is 0 Å². The molecule has 4 heterocycles. The lowest BCUT2D eigenvalue weighted by Crippen LogP contribution is -2.45. The molecule has 0 aromatic carbocycles. The molecule has 7 heteroatoms. The minimum Gasteiger partial charge on any atom is -0.461 e. The summed E-state index contributed by atoms with van der Waals surface area (Å²) in [4.78, 5) is 4.76. The highest BCUT2D eigenvalue weighted by Crippen LogP contribution is 2.21. The summed E-state index contributed by atoms with van der Waals surface area (Å²) in [6.45, 7) is 7.55. The molecular formula is C17H20N4O3. The van der Waals surface area contributed by atoms with Crippen molar-refractivity contribution in [1.82, 2.24) is 20.1 Å². The maximum atomic E-state index is 5.35. The standard InChI is InChI=1S/C17H20N4O3/c1-13-9-15(23-18-13)12-21-6-4-20(5-7-21)11-14-10-17(24-19-14)16-3-2-8-22-16/h2-3,8-10H,4-7,11-12H2,1H3. The Morgan fingerprint density at radius 3 is 2.42 bits per heavy atom. The molecule has 3 aromatic rings. The van der Waals surface area contributed by atoms with E-state index < -0.39 is 0 Å². The highest BCUT2D eigenvalue weighted by molar-refractivity contribution is 5.49. The molecule has 0 saturated carbocycles. The Labute approximate surface area is 139 Å². The van der Waals surface area contributed by atoms with Crippen molar-refractivity contribution in [2.45, 2.75) is 20.0 Å². The van der Waals surface area contributed by atoms with E-state index in [1.807, 2.05) is 31.2 Å². The van der Waals surface area contributed by atoms with E-state index in [1.54, 1.807) is 6.26 Å². The van der Waals surface area contributed by atoms with E-state index in [2.05, 4.69) is 20.1 Å². The van der Waals surface area contributed by atoms with Crippen LogP contribution in [0.1, 0.15) is 17.1 Å². The first-order chi connectivity index (χ1) is 11.8. The van der Waals surface area contributed by atoms with Gasteiger partial charge in [-0.05, 0) is 19.1 Å². The number of aromatic nitrogens is 2. The van der Waals surface area contributed by atoms with Crippen LogP contribution >= 0.6 is 0 Å². The minimum atomic E-state index is 0.675. The Kier molecular flexibility index (Phi) is 4.18. The minimum absolute atomic E-state index is 0.675. The summed E-state index contributed by atoms with van der Waals surface area (Å²) in [5, 5.41) is 8.08. The fourth-order valence-corrected chi connectivity index (χ4v) is 2.97. The number of furan rings is 1. The zero-order chi connectivity index (χ0) is 16.4. The molecule has 1 aliphatic heterocycles. The number of hydrogen-bond donors (Lipinski definition) is 0. The second-order valence-electron chi connectivity index (χ2n) is 6.15. The molecule has 7 nitrogen and oxygen atoms in total. The maximum absolute atomic E-state index is 5.35. The van der Waals surface area contributed by atoms with Crippen molar-refractivity contribution < 1.29 is 13.5 Å². The summed E-state index contributed by atoms with van der Waals surface area (Å²) in [5.41, 5.74) is 1.86. The Morgan fingerprint density at radius 1 is 0.958 bits per heavy atom. The van der Waals surface area contributed by atoms with Crippen LogP contribution in [0.25, 0.3) is 11.5 Å². The first-order valence-electron chi connectivity index (χ1n) is 8.12. The quantitative estimate of drug-likeness (QED) is 0.712. The lowest BCUT2D eigenvalue weighted by molar-refractivity contribution is 0.112. The van der Waals surface area contributed by atoms with E-state index in [0.717, 1.165) is 56.4 Å². The third-order valence-electron chi connectivity index (χ3n) is 4.23. The van der Waals surface area contributed by atoms with Gasteiger partial charge in [0.15, 0.2) is 11.5 Å². The molecule has 0 bridgehead atoms. The van der Waals surface area contributed by atoms with Gasteiger partial charge in [0.1, 0.15) is 0 Å². The molecule has 1 fully saturated rings. The normalized spacial score (nSPS) is 16.7. The highest BCUT2D eigenvalue weighted by atomic mass is 16.5. The molecule has 24 heavy (non-hydrogen) atoms. The molecule has 4 rings (SSSR count). The Hall–Kier alpha value is -2.38. The summed E-state index contributed by atoms with van der Waals surface area (Å²) in [6.07, 6.45) is 1.63. The van der Waals surface area contributed by atoms with E-state index in [-0.39, 0.29) is 0 Å². The molecule has 0 atom stereocenters. The van der Waals surface area contributed by atoms with E-state index in [1.165, 1.54) is 0 Å². The number of nitrogens with zero attached hydrogens (tertiary/aromatic N) is 4. The topological polar surface area (TPSA) is 71.7 Å². The van der Waals surface area contributed by atoms with Crippen molar-refractivity contribution in [3.8, 4) is 11.5 Å². The van der Waals surface area contributed by atoms with Gasteiger partial charge >= 0.3 is 0 Å². The van der Waals surface area contributed by atoms with E-state index in [0.29, 0.717) is 11.5 Å². The molecule has 0 aliphatic carbocycles. The molecule has 0 radical (unpaired) electrons. The predicted octanol–water partition coefficient (Wildman–Crippen LogP) is 2.55. The first kappa shape index (κ1) is 15.2. The van der Waals surface area contributed by atoms with Gasteiger partial charge in [0.25, 0.3) is 0 Å². The largest absolute Gasteiger partial charge is 0.461 e. The smallest absolute Gasteiger partial charge is 0.202 e. The van der Waals surface area contributed by atoms with Gasteiger partial charge in [0.2, 0.25) is 5.76 Å². The Bertz CT molecular complexity index is 769. The van der Waals surface area contributed by atoms with Gasteiger partial charge in [-0.3, -0.25) is 9.80 Å². The molecule has 1 saturated heterocycles. The van der Waals surface area contributed by atoms with Crippen molar-refractivity contribution >= 4 is 0 Å². The van der Waals surface area contributed by atoms with Crippen LogP contribution < -0.4 is 0 Å². The molecule has 126 valence electrons. The average molecular weight is 328 g/mol. The average Bonchev–Trinajstić information content (AvgIpc) is 3.31. The molecule has 0 spiro atoms. The van der Waals surface area contributed by atoms with Gasteiger partial charge in [-0.2, -0.15) is 0 Å². The van der Waals surface area contributed by atoms with Gasteiger partial charge in [-0.15, -0.1) is 0 Å². The summed E-state index contributed by atoms with van der Waals surface area (Å²) in [7, 11) is 0. The summed E-state index contributed by atoms with van der Waals surface area (Å²) in [6, 6.07) is 7.65. The van der Waals surface area contributed by atoms with Crippen molar-refractivity contribution in [3.05, 3.63) is 47.7 Å². The lowest BCUT2D eigenvalue weighted by atomic mass is 10.2. The second kappa shape index (κ2) is 6.62. The van der Waals surface area contributed by atoms with Crippen LogP contribution in [0.3, 0.4) is 0 Å². The third kappa shape index (κ3) is 3.42. The van der Waals surface area contributed by atoms with Gasteiger partial charge in [-0.25, -0.2) is 0 Å². The fraction of sp³-hybridized carbons (Fsp3) is 0.412. The summed E-state index contributed by atoms with van der Waals surface area (Å²) < 4.78 is 16.0. The van der Waals surface area contributed by atoms with Gasteiger partial charge in [-0.1, -0.05) is 10.3 Å². The molecule has 3 aromatic heterocycles. The van der Waals surface area contributed by atoms with Crippen molar-refractivity contribution in [2.75, 3.05) is 26.2 Å². The van der Waals surface area contributed by atoms with Gasteiger partial charge < -0.3 is 13.5 Å². The monoisotopic (exact) mass is 328 g/mol. The first-order valence-corrected chi connectivity index (χ1v) is 8.12. The predicted molar refractivity (Wildman–Crippen MR) is 86.0 cm³/mol. The van der Waals surface area contributed by atoms with Crippen LogP contribution in [-0.4, -0.2) is 46.3 Å². The maximum Gasteiger partial charge on any atom is 0.202 e. The number of aryl methyl sites for hydroxylation is 1. The highest BCUT2D eigenvalue weighted by Gasteiger charge is 2.20. The summed E-state index contributed by atoms with van der Waals surface area (Å²) >= 11 is 0. The van der Waals surface area contributed by atoms with Crippen LogP contribution in [0.15, 0.2) is 44.0 Å². The molecule has 0 unspecified atom stereocenters. The van der Waals surface area contributed by atoms with E-state index >= 15 is 0 Å². The number of hydrogen-bond acceptors (Lipinski definition) is 7. The Morgan fingerprint density at radius 2 is 1.75 bits per heavy atom. The molecular weight excluding hydrogens is 308 g/mol. The van der Waals surface area contributed by atoms with Crippen molar-refractivity contribution in [2.24, 2.45) is 0 Å².